The van der Waals surface area contributed by atoms with Crippen LogP contribution in [0.2, 0.25) is 10.0 Å². The van der Waals surface area contributed by atoms with Crippen LogP contribution in [0, 0.1) is 0 Å². The molecule has 1 N–H and O–H groups in total. The van der Waals surface area contributed by atoms with Crippen LogP contribution < -0.4 is 15.0 Å². The summed E-state index contributed by atoms with van der Waals surface area (Å²) >= 11 is 13.9. The van der Waals surface area contributed by atoms with Gasteiger partial charge in [0.15, 0.2) is 4.87 Å². The largest absolute Gasteiger partial charge is 0.497 e. The zero-order valence-electron chi connectivity index (χ0n) is 18.3. The van der Waals surface area contributed by atoms with Crippen LogP contribution in [0.5, 0.6) is 5.75 Å². The Labute approximate surface area is 211 Å². The van der Waals surface area contributed by atoms with E-state index in [-0.39, 0.29) is 11.9 Å². The zero-order valence-corrected chi connectivity index (χ0v) is 20.6. The highest BCUT2D eigenvalue weighted by molar-refractivity contribution is 8.01. The van der Waals surface area contributed by atoms with E-state index in [0.29, 0.717) is 40.3 Å². The summed E-state index contributed by atoms with van der Waals surface area (Å²) in [6, 6.07) is 19.5. The van der Waals surface area contributed by atoms with E-state index in [1.165, 1.54) is 11.8 Å². The maximum absolute atomic E-state index is 14.1. The third kappa shape index (κ3) is 3.78. The summed E-state index contributed by atoms with van der Waals surface area (Å²) in [6.07, 6.45) is 0. The molecule has 5 rings (SSSR count). The van der Waals surface area contributed by atoms with Gasteiger partial charge in [0, 0.05) is 33.6 Å². The molecule has 0 aliphatic carbocycles. The van der Waals surface area contributed by atoms with Gasteiger partial charge in [0.25, 0.3) is 5.91 Å². The van der Waals surface area contributed by atoms with E-state index in [1.807, 2.05) is 36.4 Å². The molecule has 3 amide bonds. The van der Waals surface area contributed by atoms with Crippen molar-refractivity contribution in [3.63, 3.8) is 0 Å². The predicted molar refractivity (Wildman–Crippen MR) is 137 cm³/mol. The number of halogens is 2. The van der Waals surface area contributed by atoms with Crippen LogP contribution in [0.15, 0.2) is 66.7 Å². The van der Waals surface area contributed by atoms with Crippen LogP contribution in [0.1, 0.15) is 11.1 Å². The number of rotatable bonds is 4. The maximum Gasteiger partial charge on any atom is 0.323 e. The van der Waals surface area contributed by atoms with Gasteiger partial charge in [-0.1, -0.05) is 47.5 Å². The average Bonchev–Trinajstić information content (AvgIpc) is 3.37. The fourth-order valence-electron chi connectivity index (χ4n) is 4.43. The number of methoxy groups -OCH3 is 1. The summed E-state index contributed by atoms with van der Waals surface area (Å²) in [5.41, 5.74) is 2.86. The lowest BCUT2D eigenvalue weighted by Crippen LogP contribution is -2.51. The second-order valence-electron chi connectivity index (χ2n) is 7.95. The number of nitrogens with one attached hydrogen (secondary N) is 1. The van der Waals surface area contributed by atoms with Crippen molar-refractivity contribution in [2.75, 3.05) is 29.6 Å². The third-order valence-electron chi connectivity index (χ3n) is 6.01. The number of hydrogen-bond acceptors (Lipinski definition) is 4. The summed E-state index contributed by atoms with van der Waals surface area (Å²) in [4.78, 5) is 29.7. The molecule has 3 aromatic rings. The first kappa shape index (κ1) is 22.9. The number of ether oxygens (including phenoxy) is 1. The van der Waals surface area contributed by atoms with Crippen molar-refractivity contribution in [3.05, 3.63) is 87.9 Å². The lowest BCUT2D eigenvalue weighted by atomic mass is 10.1. The summed E-state index contributed by atoms with van der Waals surface area (Å²) in [7, 11) is 1.58. The second-order valence-corrected chi connectivity index (χ2v) is 10.1. The van der Waals surface area contributed by atoms with Crippen LogP contribution in [-0.2, 0) is 16.2 Å². The van der Waals surface area contributed by atoms with Gasteiger partial charge in [-0.2, -0.15) is 0 Å². The normalized spacial score (nSPS) is 19.0. The summed E-state index contributed by atoms with van der Waals surface area (Å²) in [5.74, 6) is 1.05. The summed E-state index contributed by atoms with van der Waals surface area (Å²) in [5, 5.41) is 3.99. The molecule has 174 valence electrons. The minimum absolute atomic E-state index is 0.181. The van der Waals surface area contributed by atoms with E-state index < -0.39 is 4.87 Å². The van der Waals surface area contributed by atoms with E-state index in [9.17, 15) is 9.59 Å². The topological polar surface area (TPSA) is 61.9 Å². The molecule has 0 radical (unpaired) electrons. The molecule has 0 aromatic heterocycles. The van der Waals surface area contributed by atoms with Gasteiger partial charge in [0.1, 0.15) is 5.75 Å². The SMILES string of the molecule is COc1ccc2c(c1)[C@@]1(SCCN1C(=O)Nc1cccc(Cl)c1)C(=O)N2Cc1ccccc1Cl. The molecular formula is C25H21Cl2N3O3S. The van der Waals surface area contributed by atoms with Gasteiger partial charge in [-0.3, -0.25) is 9.69 Å². The van der Waals surface area contributed by atoms with Crippen molar-refractivity contribution >= 4 is 58.3 Å². The van der Waals surface area contributed by atoms with Crippen molar-refractivity contribution in [1.29, 1.82) is 0 Å². The average molecular weight is 514 g/mol. The van der Waals surface area contributed by atoms with Gasteiger partial charge < -0.3 is 15.0 Å². The molecule has 2 aliphatic heterocycles. The van der Waals surface area contributed by atoms with E-state index in [0.717, 1.165) is 16.8 Å². The van der Waals surface area contributed by atoms with Crippen molar-refractivity contribution in [1.82, 2.24) is 4.90 Å². The Morgan fingerprint density at radius 3 is 2.71 bits per heavy atom. The van der Waals surface area contributed by atoms with Crippen molar-refractivity contribution in [2.24, 2.45) is 0 Å². The number of anilines is 2. The molecule has 6 nitrogen and oxygen atoms in total. The smallest absolute Gasteiger partial charge is 0.323 e. The van der Waals surface area contributed by atoms with Gasteiger partial charge in [-0.05, 0) is 48.0 Å². The van der Waals surface area contributed by atoms with Gasteiger partial charge in [-0.25, -0.2) is 4.79 Å². The number of hydrogen-bond donors (Lipinski definition) is 1. The molecule has 9 heteroatoms. The molecule has 1 saturated heterocycles. The third-order valence-corrected chi connectivity index (χ3v) is 8.03. The Bertz CT molecular complexity index is 1290. The van der Waals surface area contributed by atoms with Crippen LogP contribution in [0.4, 0.5) is 16.2 Å². The number of urea groups is 1. The predicted octanol–water partition coefficient (Wildman–Crippen LogP) is 5.98. The van der Waals surface area contributed by atoms with E-state index in [1.54, 1.807) is 47.2 Å². The molecule has 0 bridgehead atoms. The highest BCUT2D eigenvalue weighted by atomic mass is 35.5. The number of thioether (sulfide) groups is 1. The van der Waals surface area contributed by atoms with Crippen LogP contribution >= 0.6 is 35.0 Å². The fourth-order valence-corrected chi connectivity index (χ4v) is 6.27. The van der Waals surface area contributed by atoms with Crippen LogP contribution in [0.25, 0.3) is 0 Å². The molecule has 1 spiro atoms. The first-order valence-electron chi connectivity index (χ1n) is 10.7. The monoisotopic (exact) mass is 513 g/mol. The molecule has 2 aliphatic rings. The zero-order chi connectivity index (χ0) is 23.9. The first-order chi connectivity index (χ1) is 16.4. The number of carbonyl (C=O) groups excluding carboxylic acids is 2. The Morgan fingerprint density at radius 2 is 1.94 bits per heavy atom. The first-order valence-corrected chi connectivity index (χ1v) is 12.4. The number of nitrogens with zero attached hydrogens (tertiary/aromatic N) is 2. The lowest BCUT2D eigenvalue weighted by molar-refractivity contribution is -0.123. The molecule has 2 heterocycles. The minimum Gasteiger partial charge on any atom is -0.497 e. The van der Waals surface area contributed by atoms with E-state index in [4.69, 9.17) is 27.9 Å². The minimum atomic E-state index is -1.20. The Hall–Kier alpha value is -2.87. The number of amides is 3. The molecule has 34 heavy (non-hydrogen) atoms. The number of carbonyl (C=O) groups is 2. The van der Waals surface area contributed by atoms with Gasteiger partial charge in [0.05, 0.1) is 19.3 Å². The molecule has 0 saturated carbocycles. The Kier molecular flexibility index (Phi) is 6.10. The summed E-state index contributed by atoms with van der Waals surface area (Å²) < 4.78 is 5.46. The van der Waals surface area contributed by atoms with Gasteiger partial charge in [-0.15, -0.1) is 11.8 Å². The molecule has 1 atom stereocenters. The quantitative estimate of drug-likeness (QED) is 0.465. The van der Waals surface area contributed by atoms with Crippen LogP contribution in [-0.4, -0.2) is 36.2 Å². The lowest BCUT2D eigenvalue weighted by Gasteiger charge is -2.33. The Morgan fingerprint density at radius 1 is 1.12 bits per heavy atom. The van der Waals surface area contributed by atoms with E-state index >= 15 is 0 Å². The number of fused-ring (bicyclic) bond motifs is 2. The fraction of sp³-hybridized carbons (Fsp3) is 0.200. The second kappa shape index (κ2) is 9.06. The highest BCUT2D eigenvalue weighted by Gasteiger charge is 2.59. The molecular weight excluding hydrogens is 493 g/mol. The molecule has 3 aromatic carbocycles. The van der Waals surface area contributed by atoms with Crippen molar-refractivity contribution in [3.8, 4) is 5.75 Å². The standard InChI is InChI=1S/C25H21Cl2N3O3S/c1-33-19-9-10-22-20(14-19)25(23(31)29(22)15-16-5-2-3-8-21(16)27)30(11-12-34-25)24(32)28-18-7-4-6-17(26)13-18/h2-10,13-14H,11-12,15H2,1H3,(H,28,32)/t25-/m1/s1. The van der Waals surface area contributed by atoms with Gasteiger partial charge in [0.2, 0.25) is 0 Å². The summed E-state index contributed by atoms with van der Waals surface area (Å²) in [6.45, 7) is 0.712. The highest BCUT2D eigenvalue weighted by Crippen LogP contribution is 2.55. The van der Waals surface area contributed by atoms with Gasteiger partial charge >= 0.3 is 6.03 Å². The molecule has 0 unspecified atom stereocenters. The van der Waals surface area contributed by atoms with Crippen molar-refractivity contribution < 1.29 is 14.3 Å². The molecule has 1 fully saturated rings. The maximum atomic E-state index is 14.1. The van der Waals surface area contributed by atoms with Crippen LogP contribution in [0.3, 0.4) is 0 Å². The Balaban J connectivity index is 1.56. The van der Waals surface area contributed by atoms with E-state index in [2.05, 4.69) is 5.32 Å². The van der Waals surface area contributed by atoms with Crippen molar-refractivity contribution in [2.45, 2.75) is 11.4 Å². The number of benzene rings is 3.